The zero-order chi connectivity index (χ0) is 19.8. The maximum Gasteiger partial charge on any atom is 0.264 e. The van der Waals surface area contributed by atoms with Crippen LogP contribution in [0.1, 0.15) is 37.0 Å². The van der Waals surface area contributed by atoms with E-state index in [1.54, 1.807) is 23.1 Å². The van der Waals surface area contributed by atoms with E-state index in [9.17, 15) is 13.2 Å². The second kappa shape index (κ2) is 7.35. The van der Waals surface area contributed by atoms with Crippen molar-refractivity contribution in [1.82, 2.24) is 0 Å². The van der Waals surface area contributed by atoms with Crippen LogP contribution in [-0.4, -0.2) is 27.4 Å². The van der Waals surface area contributed by atoms with Gasteiger partial charge >= 0.3 is 0 Å². The summed E-state index contributed by atoms with van der Waals surface area (Å²) < 4.78 is 28.0. The lowest BCUT2D eigenvalue weighted by atomic mass is 10.1. The zero-order valence-electron chi connectivity index (χ0n) is 16.3. The Balaban J connectivity index is 1.99. The maximum atomic E-state index is 13.3. The van der Waals surface area contributed by atoms with E-state index >= 15 is 0 Å². The fourth-order valence-corrected chi connectivity index (χ4v) is 5.00. The molecule has 1 amide bonds. The van der Waals surface area contributed by atoms with E-state index in [2.05, 4.69) is 0 Å². The number of sulfonamides is 1. The molecule has 27 heavy (non-hydrogen) atoms. The van der Waals surface area contributed by atoms with Gasteiger partial charge in [-0.15, -0.1) is 0 Å². The van der Waals surface area contributed by atoms with Crippen LogP contribution in [0.25, 0.3) is 0 Å². The second-order valence-electron chi connectivity index (χ2n) is 6.88. The van der Waals surface area contributed by atoms with Crippen molar-refractivity contribution in [2.24, 2.45) is 0 Å². The number of rotatable bonds is 5. The van der Waals surface area contributed by atoms with Gasteiger partial charge in [-0.2, -0.15) is 0 Å². The second-order valence-corrected chi connectivity index (χ2v) is 8.74. The topological polar surface area (TPSA) is 57.7 Å². The van der Waals surface area contributed by atoms with Gasteiger partial charge in [0, 0.05) is 25.2 Å². The number of carbonyl (C=O) groups excluding carboxylic acids is 1. The van der Waals surface area contributed by atoms with E-state index in [0.29, 0.717) is 31.6 Å². The standard InChI is InChI=1S/C21H26N2O3S/c1-5-21(24)22-12-11-17-14-19(9-10-20(17)22)27(25,26)23(6-2)18-8-7-15(3)16(4)13-18/h7-10,13-14H,5-6,11-12H2,1-4H3. The number of benzene rings is 2. The number of amides is 1. The summed E-state index contributed by atoms with van der Waals surface area (Å²) in [5.74, 6) is 0.0645. The molecule has 0 saturated carbocycles. The highest BCUT2D eigenvalue weighted by Gasteiger charge is 2.28. The van der Waals surface area contributed by atoms with Crippen molar-refractivity contribution in [3.8, 4) is 0 Å². The van der Waals surface area contributed by atoms with Crippen molar-refractivity contribution >= 4 is 27.3 Å². The summed E-state index contributed by atoms with van der Waals surface area (Å²) in [6.45, 7) is 8.62. The number of carbonyl (C=O) groups is 1. The van der Waals surface area contributed by atoms with Gasteiger partial charge in [0.1, 0.15) is 0 Å². The van der Waals surface area contributed by atoms with Crippen molar-refractivity contribution in [3.63, 3.8) is 0 Å². The Kier molecular flexibility index (Phi) is 5.29. The lowest BCUT2D eigenvalue weighted by Crippen LogP contribution is -2.31. The van der Waals surface area contributed by atoms with Gasteiger partial charge in [-0.3, -0.25) is 9.10 Å². The van der Waals surface area contributed by atoms with E-state index in [1.807, 2.05) is 45.9 Å². The van der Waals surface area contributed by atoms with E-state index in [1.165, 1.54) is 4.31 Å². The third-order valence-corrected chi connectivity index (χ3v) is 7.10. The van der Waals surface area contributed by atoms with Crippen LogP contribution in [0.4, 0.5) is 11.4 Å². The molecule has 0 aromatic heterocycles. The minimum atomic E-state index is -3.67. The highest BCUT2D eigenvalue weighted by molar-refractivity contribution is 7.92. The molecule has 0 spiro atoms. The predicted molar refractivity (Wildman–Crippen MR) is 109 cm³/mol. The molecular formula is C21H26N2O3S. The van der Waals surface area contributed by atoms with Gasteiger partial charge in [0.05, 0.1) is 10.6 Å². The lowest BCUT2D eigenvalue weighted by Gasteiger charge is -2.24. The van der Waals surface area contributed by atoms with Crippen molar-refractivity contribution in [1.29, 1.82) is 0 Å². The fraction of sp³-hybridized carbons (Fsp3) is 0.381. The minimum Gasteiger partial charge on any atom is -0.312 e. The molecule has 0 fully saturated rings. The van der Waals surface area contributed by atoms with Crippen LogP contribution in [0.2, 0.25) is 0 Å². The minimum absolute atomic E-state index is 0.0645. The van der Waals surface area contributed by atoms with Gasteiger partial charge in [0.25, 0.3) is 10.0 Å². The monoisotopic (exact) mass is 386 g/mol. The zero-order valence-corrected chi connectivity index (χ0v) is 17.1. The Hall–Kier alpha value is -2.34. The first-order chi connectivity index (χ1) is 12.8. The molecule has 0 unspecified atom stereocenters. The normalized spacial score (nSPS) is 13.6. The third kappa shape index (κ3) is 3.46. The van der Waals surface area contributed by atoms with Crippen LogP contribution < -0.4 is 9.21 Å². The van der Waals surface area contributed by atoms with E-state index in [4.69, 9.17) is 0 Å². The van der Waals surface area contributed by atoms with E-state index in [-0.39, 0.29) is 10.8 Å². The molecule has 1 heterocycles. The molecule has 2 aromatic rings. The van der Waals surface area contributed by atoms with Crippen LogP contribution in [-0.2, 0) is 21.2 Å². The smallest absolute Gasteiger partial charge is 0.264 e. The Labute approximate surface area is 161 Å². The predicted octanol–water partition coefficient (Wildman–Crippen LogP) is 3.82. The molecule has 1 aliphatic rings. The first kappa shape index (κ1) is 19.4. The highest BCUT2D eigenvalue weighted by Crippen LogP contribution is 2.33. The molecule has 0 N–H and O–H groups in total. The summed E-state index contributed by atoms with van der Waals surface area (Å²) in [5.41, 5.74) is 4.60. The van der Waals surface area contributed by atoms with Crippen molar-refractivity contribution < 1.29 is 13.2 Å². The molecule has 0 bridgehead atoms. The molecule has 5 nitrogen and oxygen atoms in total. The van der Waals surface area contributed by atoms with Crippen LogP contribution >= 0.6 is 0 Å². The van der Waals surface area contributed by atoms with Crippen LogP contribution in [0.3, 0.4) is 0 Å². The van der Waals surface area contributed by atoms with E-state index in [0.717, 1.165) is 22.4 Å². The van der Waals surface area contributed by atoms with Gasteiger partial charge in [-0.05, 0) is 74.2 Å². The van der Waals surface area contributed by atoms with Gasteiger partial charge in [0.2, 0.25) is 5.91 Å². The fourth-order valence-electron chi connectivity index (χ4n) is 3.49. The van der Waals surface area contributed by atoms with Crippen LogP contribution in [0, 0.1) is 13.8 Å². The average molecular weight is 387 g/mol. The number of hydrogen-bond acceptors (Lipinski definition) is 3. The lowest BCUT2D eigenvalue weighted by molar-refractivity contribution is -0.118. The summed E-state index contributed by atoms with van der Waals surface area (Å²) >= 11 is 0. The molecule has 3 rings (SSSR count). The first-order valence-corrected chi connectivity index (χ1v) is 10.8. The Morgan fingerprint density at radius 1 is 1.07 bits per heavy atom. The number of hydrogen-bond donors (Lipinski definition) is 0. The molecule has 0 radical (unpaired) electrons. The number of nitrogens with zero attached hydrogens (tertiary/aromatic N) is 2. The quantitative estimate of drug-likeness (QED) is 0.785. The molecular weight excluding hydrogens is 360 g/mol. The van der Waals surface area contributed by atoms with Gasteiger partial charge in [-0.1, -0.05) is 13.0 Å². The summed E-state index contributed by atoms with van der Waals surface area (Å²) in [6.07, 6.45) is 1.12. The number of anilines is 2. The average Bonchev–Trinajstić information content (AvgIpc) is 3.07. The summed E-state index contributed by atoms with van der Waals surface area (Å²) in [4.78, 5) is 14.1. The number of aryl methyl sites for hydroxylation is 2. The molecule has 0 saturated heterocycles. The maximum absolute atomic E-state index is 13.3. The van der Waals surface area contributed by atoms with Gasteiger partial charge in [-0.25, -0.2) is 8.42 Å². The van der Waals surface area contributed by atoms with Gasteiger partial charge in [0.15, 0.2) is 0 Å². The third-order valence-electron chi connectivity index (χ3n) is 5.20. The Morgan fingerprint density at radius 2 is 1.81 bits per heavy atom. The molecule has 6 heteroatoms. The van der Waals surface area contributed by atoms with Gasteiger partial charge < -0.3 is 4.90 Å². The van der Waals surface area contributed by atoms with Crippen LogP contribution in [0.15, 0.2) is 41.3 Å². The molecule has 1 aliphatic heterocycles. The first-order valence-electron chi connectivity index (χ1n) is 9.32. The van der Waals surface area contributed by atoms with Crippen molar-refractivity contribution in [3.05, 3.63) is 53.1 Å². The highest BCUT2D eigenvalue weighted by atomic mass is 32.2. The van der Waals surface area contributed by atoms with Crippen molar-refractivity contribution in [2.45, 2.75) is 45.4 Å². The molecule has 0 aliphatic carbocycles. The van der Waals surface area contributed by atoms with E-state index < -0.39 is 10.0 Å². The Morgan fingerprint density at radius 3 is 2.44 bits per heavy atom. The SMILES string of the molecule is CCC(=O)N1CCc2cc(S(=O)(=O)N(CC)c3ccc(C)c(C)c3)ccc21. The molecule has 2 aromatic carbocycles. The Bertz CT molecular complexity index is 983. The summed E-state index contributed by atoms with van der Waals surface area (Å²) in [5, 5.41) is 0. The molecule has 0 atom stereocenters. The van der Waals surface area contributed by atoms with Crippen molar-refractivity contribution in [2.75, 3.05) is 22.3 Å². The summed E-state index contributed by atoms with van der Waals surface area (Å²) in [6, 6.07) is 10.8. The number of fused-ring (bicyclic) bond motifs is 1. The summed E-state index contributed by atoms with van der Waals surface area (Å²) in [7, 11) is -3.67. The largest absolute Gasteiger partial charge is 0.312 e. The van der Waals surface area contributed by atoms with Crippen LogP contribution in [0.5, 0.6) is 0 Å². The molecule has 144 valence electrons.